The van der Waals surface area contributed by atoms with Gasteiger partial charge in [0, 0.05) is 30.7 Å². The van der Waals surface area contributed by atoms with Crippen LogP contribution in [0.25, 0.3) is 11.3 Å². The summed E-state index contributed by atoms with van der Waals surface area (Å²) in [4.78, 5) is 16.7. The van der Waals surface area contributed by atoms with Crippen LogP contribution in [0.1, 0.15) is 21.7 Å². The number of rotatable bonds is 4. The van der Waals surface area contributed by atoms with Crippen molar-refractivity contribution < 1.29 is 4.79 Å². The molecule has 0 spiro atoms. The minimum atomic E-state index is -0.178. The maximum Gasteiger partial charge on any atom is 0.251 e. The molecule has 4 rings (SSSR count). The zero-order valence-corrected chi connectivity index (χ0v) is 13.5. The number of amides is 1. The molecular formula is C17H15N7O. The smallest absolute Gasteiger partial charge is 0.251 e. The SMILES string of the molecule is Cc1nccn1-c1ccccc1CNC(=O)c1ccn2nnnc2c1. The fraction of sp³-hybridized carbons (Fsp3) is 0.118. The lowest BCUT2D eigenvalue weighted by atomic mass is 10.1. The fourth-order valence-electron chi connectivity index (χ4n) is 2.69. The van der Waals surface area contributed by atoms with Gasteiger partial charge in [-0.3, -0.25) is 4.79 Å². The number of aryl methyl sites for hydroxylation is 1. The number of fused-ring (bicyclic) bond motifs is 1. The minimum absolute atomic E-state index is 0.178. The number of aromatic nitrogens is 6. The average Bonchev–Trinajstić information content (AvgIpc) is 3.27. The molecule has 1 aromatic carbocycles. The largest absolute Gasteiger partial charge is 0.348 e. The molecule has 0 saturated carbocycles. The first kappa shape index (κ1) is 15.0. The third-order valence-corrected chi connectivity index (χ3v) is 3.98. The van der Waals surface area contributed by atoms with E-state index in [4.69, 9.17) is 0 Å². The Morgan fingerprint density at radius 2 is 2.08 bits per heavy atom. The van der Waals surface area contributed by atoms with E-state index in [1.54, 1.807) is 24.5 Å². The van der Waals surface area contributed by atoms with Crippen molar-refractivity contribution >= 4 is 11.6 Å². The van der Waals surface area contributed by atoms with Crippen LogP contribution in [0.2, 0.25) is 0 Å². The van der Waals surface area contributed by atoms with Gasteiger partial charge in [-0.2, -0.15) is 0 Å². The van der Waals surface area contributed by atoms with Crippen LogP contribution in [0.5, 0.6) is 0 Å². The Hall–Kier alpha value is -3.55. The van der Waals surface area contributed by atoms with E-state index < -0.39 is 0 Å². The van der Waals surface area contributed by atoms with Crippen molar-refractivity contribution in [1.82, 2.24) is 34.9 Å². The van der Waals surface area contributed by atoms with Crippen molar-refractivity contribution in [2.45, 2.75) is 13.5 Å². The number of carbonyl (C=O) groups is 1. The molecule has 0 fully saturated rings. The summed E-state index contributed by atoms with van der Waals surface area (Å²) in [5.74, 6) is 0.714. The maximum atomic E-state index is 12.4. The molecule has 1 N–H and O–H groups in total. The van der Waals surface area contributed by atoms with Gasteiger partial charge in [0.15, 0.2) is 5.65 Å². The lowest BCUT2D eigenvalue weighted by molar-refractivity contribution is 0.0951. The summed E-state index contributed by atoms with van der Waals surface area (Å²) in [7, 11) is 0. The molecule has 0 aliphatic heterocycles. The van der Waals surface area contributed by atoms with Gasteiger partial charge in [0.2, 0.25) is 0 Å². The molecular weight excluding hydrogens is 318 g/mol. The van der Waals surface area contributed by atoms with Crippen LogP contribution in [0.15, 0.2) is 55.0 Å². The van der Waals surface area contributed by atoms with Crippen LogP contribution in [0.3, 0.4) is 0 Å². The molecule has 1 amide bonds. The third kappa shape index (κ3) is 2.85. The van der Waals surface area contributed by atoms with Gasteiger partial charge in [0.25, 0.3) is 5.91 Å². The van der Waals surface area contributed by atoms with Gasteiger partial charge in [0.05, 0.1) is 5.69 Å². The van der Waals surface area contributed by atoms with Gasteiger partial charge in [-0.05, 0) is 41.1 Å². The fourth-order valence-corrected chi connectivity index (χ4v) is 2.69. The predicted octanol–water partition coefficient (Wildman–Crippen LogP) is 1.55. The van der Waals surface area contributed by atoms with Crippen molar-refractivity contribution in [3.8, 4) is 5.69 Å². The number of carbonyl (C=O) groups excluding carboxylic acids is 1. The second-order valence-corrected chi connectivity index (χ2v) is 5.55. The molecule has 3 aromatic heterocycles. The molecule has 25 heavy (non-hydrogen) atoms. The van der Waals surface area contributed by atoms with E-state index in [1.165, 1.54) is 4.52 Å². The molecule has 3 heterocycles. The molecule has 0 aliphatic carbocycles. The number of para-hydroxylation sites is 1. The van der Waals surface area contributed by atoms with Gasteiger partial charge in [0.1, 0.15) is 5.82 Å². The molecule has 124 valence electrons. The van der Waals surface area contributed by atoms with Gasteiger partial charge < -0.3 is 9.88 Å². The summed E-state index contributed by atoms with van der Waals surface area (Å²) in [5, 5.41) is 14.1. The Labute approximate surface area is 143 Å². The first-order chi connectivity index (χ1) is 12.2. The van der Waals surface area contributed by atoms with E-state index in [-0.39, 0.29) is 5.91 Å². The highest BCUT2D eigenvalue weighted by molar-refractivity contribution is 5.94. The van der Waals surface area contributed by atoms with Gasteiger partial charge in [-0.15, -0.1) is 5.10 Å². The lowest BCUT2D eigenvalue weighted by Gasteiger charge is -2.12. The number of imidazole rings is 1. The summed E-state index contributed by atoms with van der Waals surface area (Å²) < 4.78 is 3.50. The highest BCUT2D eigenvalue weighted by atomic mass is 16.1. The van der Waals surface area contributed by atoms with Crippen LogP contribution in [-0.4, -0.2) is 35.5 Å². The van der Waals surface area contributed by atoms with Gasteiger partial charge >= 0.3 is 0 Å². The number of nitrogens with one attached hydrogen (secondary N) is 1. The molecule has 8 heteroatoms. The standard InChI is InChI=1S/C17H15N7O/c1-12-18-7-9-23(12)15-5-3-2-4-14(15)11-19-17(25)13-6-8-24-16(10-13)20-21-22-24/h2-10H,11H2,1H3,(H,19,25). The minimum Gasteiger partial charge on any atom is -0.348 e. The van der Waals surface area contributed by atoms with Crippen LogP contribution >= 0.6 is 0 Å². The van der Waals surface area contributed by atoms with E-state index in [0.29, 0.717) is 17.8 Å². The van der Waals surface area contributed by atoms with E-state index in [2.05, 4.69) is 25.8 Å². The lowest BCUT2D eigenvalue weighted by Crippen LogP contribution is -2.23. The molecule has 0 bridgehead atoms. The van der Waals surface area contributed by atoms with Gasteiger partial charge in [-0.25, -0.2) is 9.50 Å². The average molecular weight is 333 g/mol. The highest BCUT2D eigenvalue weighted by Gasteiger charge is 2.10. The van der Waals surface area contributed by atoms with E-state index >= 15 is 0 Å². The van der Waals surface area contributed by atoms with E-state index in [0.717, 1.165) is 17.1 Å². The molecule has 0 radical (unpaired) electrons. The summed E-state index contributed by atoms with van der Waals surface area (Å²) >= 11 is 0. The second-order valence-electron chi connectivity index (χ2n) is 5.55. The Kier molecular flexibility index (Phi) is 3.70. The van der Waals surface area contributed by atoms with E-state index in [1.807, 2.05) is 42.0 Å². The van der Waals surface area contributed by atoms with Crippen LogP contribution in [0, 0.1) is 6.92 Å². The number of tetrazole rings is 1. The third-order valence-electron chi connectivity index (χ3n) is 3.98. The number of hydrogen-bond acceptors (Lipinski definition) is 5. The quantitative estimate of drug-likeness (QED) is 0.612. The molecule has 8 nitrogen and oxygen atoms in total. The molecule has 4 aromatic rings. The van der Waals surface area contributed by atoms with Crippen molar-refractivity contribution in [2.24, 2.45) is 0 Å². The number of pyridine rings is 1. The van der Waals surface area contributed by atoms with Crippen LogP contribution in [-0.2, 0) is 6.54 Å². The van der Waals surface area contributed by atoms with E-state index in [9.17, 15) is 4.79 Å². The van der Waals surface area contributed by atoms with Crippen LogP contribution < -0.4 is 5.32 Å². The zero-order valence-electron chi connectivity index (χ0n) is 13.5. The summed E-state index contributed by atoms with van der Waals surface area (Å²) in [6, 6.07) is 11.2. The predicted molar refractivity (Wildman–Crippen MR) is 90.3 cm³/mol. The number of benzene rings is 1. The monoisotopic (exact) mass is 333 g/mol. The Morgan fingerprint density at radius 3 is 2.92 bits per heavy atom. The molecule has 0 saturated heterocycles. The molecule has 0 aliphatic rings. The molecule has 0 atom stereocenters. The second kappa shape index (κ2) is 6.16. The topological polar surface area (TPSA) is 90.0 Å². The van der Waals surface area contributed by atoms with Crippen molar-refractivity contribution in [2.75, 3.05) is 0 Å². The summed E-state index contributed by atoms with van der Waals surface area (Å²) in [5.41, 5.74) is 3.04. The Balaban J connectivity index is 1.55. The first-order valence-electron chi connectivity index (χ1n) is 7.76. The Bertz CT molecular complexity index is 1050. The summed E-state index contributed by atoms with van der Waals surface area (Å²) in [6.45, 7) is 2.35. The number of hydrogen-bond donors (Lipinski definition) is 1. The first-order valence-corrected chi connectivity index (χ1v) is 7.76. The van der Waals surface area contributed by atoms with Crippen molar-refractivity contribution in [3.63, 3.8) is 0 Å². The molecule has 0 unspecified atom stereocenters. The van der Waals surface area contributed by atoms with Gasteiger partial charge in [-0.1, -0.05) is 18.2 Å². The van der Waals surface area contributed by atoms with Crippen LogP contribution in [0.4, 0.5) is 0 Å². The van der Waals surface area contributed by atoms with Crippen molar-refractivity contribution in [3.05, 3.63) is 71.9 Å². The van der Waals surface area contributed by atoms with Crippen molar-refractivity contribution in [1.29, 1.82) is 0 Å². The Morgan fingerprint density at radius 1 is 1.20 bits per heavy atom. The number of nitrogens with zero attached hydrogens (tertiary/aromatic N) is 6. The highest BCUT2D eigenvalue weighted by Crippen LogP contribution is 2.16. The maximum absolute atomic E-state index is 12.4. The zero-order chi connectivity index (χ0) is 17.2. The normalized spacial score (nSPS) is 10.9. The summed E-state index contributed by atoms with van der Waals surface area (Å²) in [6.07, 6.45) is 5.32.